The normalized spacial score (nSPS) is 21.6. The molecule has 0 bridgehead atoms. The van der Waals surface area contributed by atoms with E-state index in [0.29, 0.717) is 6.04 Å². The zero-order valence-electron chi connectivity index (χ0n) is 11.5. The van der Waals surface area contributed by atoms with Crippen molar-refractivity contribution in [2.75, 3.05) is 46.3 Å². The van der Waals surface area contributed by atoms with E-state index in [0.717, 1.165) is 19.0 Å². The third-order valence-corrected chi connectivity index (χ3v) is 3.56. The lowest BCUT2D eigenvalue weighted by Crippen LogP contribution is -2.53. The fourth-order valence-electron chi connectivity index (χ4n) is 2.37. The Balaban J connectivity index is 2.37. The van der Waals surface area contributed by atoms with Crippen molar-refractivity contribution in [1.82, 2.24) is 15.1 Å². The molecule has 1 atom stereocenters. The van der Waals surface area contributed by atoms with E-state index in [1.807, 2.05) is 0 Å². The Morgan fingerprint density at radius 2 is 1.75 bits per heavy atom. The van der Waals surface area contributed by atoms with Crippen LogP contribution in [0.3, 0.4) is 0 Å². The zero-order chi connectivity index (χ0) is 12.0. The van der Waals surface area contributed by atoms with E-state index in [4.69, 9.17) is 0 Å². The molecule has 1 fully saturated rings. The molecule has 1 unspecified atom stereocenters. The lowest BCUT2D eigenvalue weighted by Gasteiger charge is -2.40. The van der Waals surface area contributed by atoms with Crippen LogP contribution in [0.5, 0.6) is 0 Å². The molecule has 0 aromatic rings. The summed E-state index contributed by atoms with van der Waals surface area (Å²) in [5.41, 5.74) is 0. The Labute approximate surface area is 101 Å². The zero-order valence-corrected chi connectivity index (χ0v) is 11.5. The molecular weight excluding hydrogens is 198 g/mol. The van der Waals surface area contributed by atoms with E-state index in [-0.39, 0.29) is 0 Å². The summed E-state index contributed by atoms with van der Waals surface area (Å²) in [5.74, 6) is 0.743. The first kappa shape index (κ1) is 13.9. The van der Waals surface area contributed by atoms with E-state index < -0.39 is 0 Å². The van der Waals surface area contributed by atoms with Crippen LogP contribution >= 0.6 is 0 Å². The van der Waals surface area contributed by atoms with Crippen molar-refractivity contribution < 1.29 is 0 Å². The largest absolute Gasteiger partial charge is 0.315 e. The first-order chi connectivity index (χ1) is 7.65. The molecule has 0 saturated carbocycles. The van der Waals surface area contributed by atoms with Crippen LogP contribution in [-0.2, 0) is 0 Å². The van der Waals surface area contributed by atoms with Gasteiger partial charge in [0.25, 0.3) is 0 Å². The maximum absolute atomic E-state index is 3.57. The third kappa shape index (κ3) is 4.40. The Morgan fingerprint density at radius 3 is 2.25 bits per heavy atom. The van der Waals surface area contributed by atoms with E-state index in [1.165, 1.54) is 32.6 Å². The summed E-state index contributed by atoms with van der Waals surface area (Å²) in [4.78, 5) is 5.08. The first-order valence-corrected chi connectivity index (χ1v) is 6.78. The highest BCUT2D eigenvalue weighted by molar-refractivity contribution is 4.81. The van der Waals surface area contributed by atoms with Gasteiger partial charge in [0.05, 0.1) is 0 Å². The van der Waals surface area contributed by atoms with Gasteiger partial charge in [-0.05, 0) is 25.9 Å². The van der Waals surface area contributed by atoms with Gasteiger partial charge in [-0.25, -0.2) is 0 Å². The van der Waals surface area contributed by atoms with Crippen molar-refractivity contribution in [2.24, 2.45) is 5.92 Å². The van der Waals surface area contributed by atoms with Crippen molar-refractivity contribution >= 4 is 0 Å². The summed E-state index contributed by atoms with van der Waals surface area (Å²) in [7, 11) is 2.22. The molecule has 16 heavy (non-hydrogen) atoms. The molecule has 0 spiro atoms. The third-order valence-electron chi connectivity index (χ3n) is 3.56. The average Bonchev–Trinajstić information content (AvgIpc) is 2.26. The molecule has 1 rings (SSSR count). The molecule has 1 saturated heterocycles. The minimum absolute atomic E-state index is 0.709. The highest BCUT2D eigenvalue weighted by atomic mass is 15.3. The van der Waals surface area contributed by atoms with Crippen LogP contribution < -0.4 is 5.32 Å². The van der Waals surface area contributed by atoms with Crippen LogP contribution in [-0.4, -0.2) is 62.2 Å². The fraction of sp³-hybridized carbons (Fsp3) is 1.00. The standard InChI is InChI=1S/C13H29N3/c1-5-6-14-11-13(12(2)3)16-9-7-15(4)8-10-16/h12-14H,5-11H2,1-4H3. The molecule has 1 N–H and O–H groups in total. The second-order valence-corrected chi connectivity index (χ2v) is 5.35. The van der Waals surface area contributed by atoms with Gasteiger partial charge in [0.2, 0.25) is 0 Å². The summed E-state index contributed by atoms with van der Waals surface area (Å²) in [6, 6.07) is 0.709. The van der Waals surface area contributed by atoms with Gasteiger partial charge in [0.1, 0.15) is 0 Å². The van der Waals surface area contributed by atoms with Crippen molar-refractivity contribution in [3.63, 3.8) is 0 Å². The fourth-order valence-corrected chi connectivity index (χ4v) is 2.37. The van der Waals surface area contributed by atoms with Crippen molar-refractivity contribution in [3.05, 3.63) is 0 Å². The molecule has 1 aliphatic heterocycles. The van der Waals surface area contributed by atoms with Gasteiger partial charge in [-0.1, -0.05) is 20.8 Å². The highest BCUT2D eigenvalue weighted by Crippen LogP contribution is 2.12. The summed E-state index contributed by atoms with van der Waals surface area (Å²) >= 11 is 0. The van der Waals surface area contributed by atoms with Gasteiger partial charge in [0, 0.05) is 38.8 Å². The van der Waals surface area contributed by atoms with Crippen molar-refractivity contribution in [3.8, 4) is 0 Å². The molecule has 1 heterocycles. The van der Waals surface area contributed by atoms with Gasteiger partial charge in [-0.2, -0.15) is 0 Å². The molecule has 1 aliphatic rings. The van der Waals surface area contributed by atoms with Gasteiger partial charge < -0.3 is 10.2 Å². The van der Waals surface area contributed by atoms with E-state index in [2.05, 4.69) is 42.9 Å². The van der Waals surface area contributed by atoms with Gasteiger partial charge in [-0.3, -0.25) is 4.90 Å². The Hall–Kier alpha value is -0.120. The first-order valence-electron chi connectivity index (χ1n) is 6.78. The van der Waals surface area contributed by atoms with Crippen LogP contribution in [0.15, 0.2) is 0 Å². The van der Waals surface area contributed by atoms with E-state index >= 15 is 0 Å². The quantitative estimate of drug-likeness (QED) is 0.689. The summed E-state index contributed by atoms with van der Waals surface area (Å²) in [5, 5.41) is 3.57. The minimum atomic E-state index is 0.709. The molecule has 0 aliphatic carbocycles. The number of hydrogen-bond acceptors (Lipinski definition) is 3. The molecule has 96 valence electrons. The van der Waals surface area contributed by atoms with E-state index in [9.17, 15) is 0 Å². The SMILES string of the molecule is CCCNCC(C(C)C)N1CCN(C)CC1. The number of hydrogen-bond donors (Lipinski definition) is 1. The number of likely N-dealkylation sites (N-methyl/N-ethyl adjacent to an activating group) is 1. The Bertz CT molecular complexity index is 174. The predicted octanol–water partition coefficient (Wildman–Crippen LogP) is 1.26. The van der Waals surface area contributed by atoms with Crippen LogP contribution in [0.4, 0.5) is 0 Å². The predicted molar refractivity (Wildman–Crippen MR) is 70.9 cm³/mol. The van der Waals surface area contributed by atoms with Gasteiger partial charge in [0.15, 0.2) is 0 Å². The number of nitrogens with zero attached hydrogens (tertiary/aromatic N) is 2. The van der Waals surface area contributed by atoms with Crippen molar-refractivity contribution in [1.29, 1.82) is 0 Å². The molecule has 0 amide bonds. The molecule has 0 aromatic carbocycles. The summed E-state index contributed by atoms with van der Waals surface area (Å²) < 4.78 is 0. The Morgan fingerprint density at radius 1 is 1.12 bits per heavy atom. The molecular formula is C13H29N3. The lowest BCUT2D eigenvalue weighted by molar-refractivity contribution is 0.0878. The Kier molecular flexibility index (Phi) is 6.32. The lowest BCUT2D eigenvalue weighted by atomic mass is 10.0. The number of piperazine rings is 1. The number of rotatable bonds is 6. The van der Waals surface area contributed by atoms with E-state index in [1.54, 1.807) is 0 Å². The van der Waals surface area contributed by atoms with Crippen LogP contribution in [0.25, 0.3) is 0 Å². The van der Waals surface area contributed by atoms with Gasteiger partial charge in [-0.15, -0.1) is 0 Å². The monoisotopic (exact) mass is 227 g/mol. The van der Waals surface area contributed by atoms with Crippen LogP contribution in [0.2, 0.25) is 0 Å². The maximum Gasteiger partial charge on any atom is 0.0244 e. The summed E-state index contributed by atoms with van der Waals surface area (Å²) in [6.45, 7) is 14.1. The minimum Gasteiger partial charge on any atom is -0.315 e. The summed E-state index contributed by atoms with van der Waals surface area (Å²) in [6.07, 6.45) is 1.23. The number of nitrogens with one attached hydrogen (secondary N) is 1. The maximum atomic E-state index is 3.57. The van der Waals surface area contributed by atoms with Crippen molar-refractivity contribution in [2.45, 2.75) is 33.2 Å². The van der Waals surface area contributed by atoms with Crippen LogP contribution in [0, 0.1) is 5.92 Å². The highest BCUT2D eigenvalue weighted by Gasteiger charge is 2.24. The average molecular weight is 227 g/mol. The smallest absolute Gasteiger partial charge is 0.0244 e. The second-order valence-electron chi connectivity index (χ2n) is 5.35. The van der Waals surface area contributed by atoms with Gasteiger partial charge >= 0.3 is 0 Å². The molecule has 3 nitrogen and oxygen atoms in total. The molecule has 0 aromatic heterocycles. The van der Waals surface area contributed by atoms with Crippen LogP contribution in [0.1, 0.15) is 27.2 Å². The molecule has 3 heteroatoms. The second kappa shape index (κ2) is 7.25. The molecule has 0 radical (unpaired) electrons. The topological polar surface area (TPSA) is 18.5 Å².